The first kappa shape index (κ1) is 11.7. The summed E-state index contributed by atoms with van der Waals surface area (Å²) < 4.78 is 8.43. The van der Waals surface area contributed by atoms with Gasteiger partial charge in [0, 0.05) is 12.8 Å². The average molecular weight is 261 g/mol. The molecule has 0 fully saturated rings. The van der Waals surface area contributed by atoms with Crippen molar-refractivity contribution in [2.45, 2.75) is 39.8 Å². The molecular formula is C10H17BrN2O. The van der Waals surface area contributed by atoms with Crippen molar-refractivity contribution in [1.29, 1.82) is 0 Å². The van der Waals surface area contributed by atoms with Crippen molar-refractivity contribution in [2.24, 2.45) is 0 Å². The summed E-state index contributed by atoms with van der Waals surface area (Å²) in [5, 5.41) is 4.43. The zero-order valence-corrected chi connectivity index (χ0v) is 11.0. The second-order valence-corrected chi connectivity index (χ2v) is 4.90. The van der Waals surface area contributed by atoms with Crippen molar-refractivity contribution >= 4 is 15.9 Å². The van der Waals surface area contributed by atoms with Gasteiger partial charge in [0.25, 0.3) is 0 Å². The van der Waals surface area contributed by atoms with Crippen molar-refractivity contribution in [3.63, 3.8) is 0 Å². The van der Waals surface area contributed by atoms with Crippen LogP contribution in [0.3, 0.4) is 0 Å². The monoisotopic (exact) mass is 260 g/mol. The number of rotatable bonds is 3. The molecule has 0 atom stereocenters. The van der Waals surface area contributed by atoms with Crippen molar-refractivity contribution in [3.05, 3.63) is 15.9 Å². The molecule has 0 aliphatic heterocycles. The van der Waals surface area contributed by atoms with Gasteiger partial charge in [-0.2, -0.15) is 5.10 Å². The fourth-order valence-corrected chi connectivity index (χ4v) is 1.54. The summed E-state index contributed by atoms with van der Waals surface area (Å²) in [5.41, 5.74) is 1.99. The molecule has 0 radical (unpaired) electrons. The van der Waals surface area contributed by atoms with E-state index in [4.69, 9.17) is 4.74 Å². The van der Waals surface area contributed by atoms with Crippen LogP contribution in [0.1, 0.15) is 25.2 Å². The molecule has 1 aromatic rings. The number of aryl methyl sites for hydroxylation is 1. The van der Waals surface area contributed by atoms with E-state index >= 15 is 0 Å². The lowest BCUT2D eigenvalue weighted by Crippen LogP contribution is -2.30. The lowest BCUT2D eigenvalue weighted by Gasteiger charge is -2.23. The lowest BCUT2D eigenvalue weighted by atomic mass is 10.1. The van der Waals surface area contributed by atoms with E-state index in [2.05, 4.69) is 41.8 Å². The molecule has 0 bridgehead atoms. The maximum Gasteiger partial charge on any atom is 0.0817 e. The Morgan fingerprint density at radius 2 is 2.00 bits per heavy atom. The van der Waals surface area contributed by atoms with Gasteiger partial charge in [0.1, 0.15) is 0 Å². The molecule has 80 valence electrons. The highest BCUT2D eigenvalue weighted by molar-refractivity contribution is 9.10. The van der Waals surface area contributed by atoms with E-state index in [1.54, 1.807) is 7.11 Å². The van der Waals surface area contributed by atoms with E-state index in [1.807, 2.05) is 11.6 Å². The summed E-state index contributed by atoms with van der Waals surface area (Å²) in [5.74, 6) is 0. The summed E-state index contributed by atoms with van der Waals surface area (Å²) in [6, 6.07) is 0. The Hall–Kier alpha value is -0.350. The number of halogens is 1. The highest BCUT2D eigenvalue weighted by atomic mass is 79.9. The molecule has 0 spiro atoms. The van der Waals surface area contributed by atoms with E-state index in [-0.39, 0.29) is 5.60 Å². The number of methoxy groups -OCH3 is 1. The summed E-state index contributed by atoms with van der Waals surface area (Å²) in [6.45, 7) is 8.92. The molecule has 0 amide bonds. The molecular weight excluding hydrogens is 244 g/mol. The average Bonchev–Trinajstić information content (AvgIpc) is 2.33. The number of nitrogens with zero attached hydrogens (tertiary/aromatic N) is 2. The normalized spacial score (nSPS) is 12.1. The molecule has 1 aromatic heterocycles. The Balaban J connectivity index is 2.93. The van der Waals surface area contributed by atoms with Crippen LogP contribution in [-0.4, -0.2) is 22.5 Å². The number of ether oxygens (including phenoxy) is 1. The Morgan fingerprint density at radius 3 is 2.36 bits per heavy atom. The molecule has 0 unspecified atom stereocenters. The molecule has 0 N–H and O–H groups in total. The number of hydrogen-bond donors (Lipinski definition) is 0. The van der Waals surface area contributed by atoms with Crippen LogP contribution in [0.15, 0.2) is 4.47 Å². The van der Waals surface area contributed by atoms with Crippen molar-refractivity contribution in [1.82, 2.24) is 9.78 Å². The molecule has 1 heterocycles. The number of hydrogen-bond acceptors (Lipinski definition) is 2. The van der Waals surface area contributed by atoms with Crippen LogP contribution in [0.4, 0.5) is 0 Å². The van der Waals surface area contributed by atoms with Gasteiger partial charge in [0.15, 0.2) is 0 Å². The SMILES string of the molecule is COC(C)(C)Cn1nc(C)c(Br)c1C. The minimum absolute atomic E-state index is 0.178. The standard InChI is InChI=1S/C10H17BrN2O/c1-7-9(11)8(2)13(12-7)6-10(3,4)14-5/h6H2,1-5H3. The Morgan fingerprint density at radius 1 is 1.43 bits per heavy atom. The molecule has 0 aromatic carbocycles. The van der Waals surface area contributed by atoms with Crippen LogP contribution in [0.25, 0.3) is 0 Å². The fraction of sp³-hybridized carbons (Fsp3) is 0.700. The molecule has 3 nitrogen and oxygen atoms in total. The molecule has 0 saturated carbocycles. The summed E-state index contributed by atoms with van der Waals surface area (Å²) in [4.78, 5) is 0. The molecule has 14 heavy (non-hydrogen) atoms. The maximum absolute atomic E-state index is 5.37. The van der Waals surface area contributed by atoms with E-state index in [1.165, 1.54) is 0 Å². The van der Waals surface area contributed by atoms with Crippen molar-refractivity contribution < 1.29 is 4.74 Å². The fourth-order valence-electron chi connectivity index (χ4n) is 1.25. The van der Waals surface area contributed by atoms with Gasteiger partial charge in [0.2, 0.25) is 0 Å². The molecule has 4 heteroatoms. The first-order chi connectivity index (χ1) is 6.37. The predicted octanol–water partition coefficient (Wildman–Crippen LogP) is 2.69. The zero-order chi connectivity index (χ0) is 10.9. The van der Waals surface area contributed by atoms with Crippen LogP contribution in [-0.2, 0) is 11.3 Å². The minimum Gasteiger partial charge on any atom is -0.377 e. The van der Waals surface area contributed by atoms with Gasteiger partial charge in [-0.15, -0.1) is 0 Å². The number of aromatic nitrogens is 2. The zero-order valence-electron chi connectivity index (χ0n) is 9.39. The summed E-state index contributed by atoms with van der Waals surface area (Å²) >= 11 is 3.51. The third kappa shape index (κ3) is 2.36. The van der Waals surface area contributed by atoms with Gasteiger partial charge in [-0.05, 0) is 43.6 Å². The molecule has 1 rings (SSSR count). The van der Waals surface area contributed by atoms with Crippen LogP contribution < -0.4 is 0 Å². The Bertz CT molecular complexity index is 331. The Labute approximate surface area is 93.6 Å². The lowest BCUT2D eigenvalue weighted by molar-refractivity contribution is 0.00488. The quantitative estimate of drug-likeness (QED) is 0.836. The highest BCUT2D eigenvalue weighted by Crippen LogP contribution is 2.22. The largest absolute Gasteiger partial charge is 0.377 e. The van der Waals surface area contributed by atoms with Crippen molar-refractivity contribution in [2.75, 3.05) is 7.11 Å². The van der Waals surface area contributed by atoms with Gasteiger partial charge in [-0.25, -0.2) is 0 Å². The van der Waals surface area contributed by atoms with E-state index in [0.29, 0.717) is 0 Å². The van der Waals surface area contributed by atoms with Crippen LogP contribution in [0.2, 0.25) is 0 Å². The summed E-state index contributed by atoms with van der Waals surface area (Å²) in [6.07, 6.45) is 0. The predicted molar refractivity (Wildman–Crippen MR) is 60.5 cm³/mol. The third-order valence-electron chi connectivity index (χ3n) is 2.38. The molecule has 0 aliphatic rings. The second kappa shape index (κ2) is 4.03. The van der Waals surface area contributed by atoms with Crippen LogP contribution >= 0.6 is 15.9 Å². The van der Waals surface area contributed by atoms with Gasteiger partial charge in [-0.1, -0.05) is 0 Å². The topological polar surface area (TPSA) is 27.1 Å². The maximum atomic E-state index is 5.37. The van der Waals surface area contributed by atoms with Gasteiger partial charge < -0.3 is 4.74 Å². The van der Waals surface area contributed by atoms with E-state index in [9.17, 15) is 0 Å². The van der Waals surface area contributed by atoms with Gasteiger partial charge in [-0.3, -0.25) is 4.68 Å². The molecule has 0 aliphatic carbocycles. The first-order valence-corrected chi connectivity index (χ1v) is 5.41. The Kier molecular flexibility index (Phi) is 3.37. The first-order valence-electron chi connectivity index (χ1n) is 4.62. The van der Waals surface area contributed by atoms with E-state index in [0.717, 1.165) is 22.4 Å². The third-order valence-corrected chi connectivity index (χ3v) is 3.52. The van der Waals surface area contributed by atoms with Gasteiger partial charge >= 0.3 is 0 Å². The van der Waals surface area contributed by atoms with E-state index < -0.39 is 0 Å². The smallest absolute Gasteiger partial charge is 0.0817 e. The van der Waals surface area contributed by atoms with Crippen molar-refractivity contribution in [3.8, 4) is 0 Å². The summed E-state index contributed by atoms with van der Waals surface area (Å²) in [7, 11) is 1.72. The van der Waals surface area contributed by atoms with Crippen LogP contribution in [0, 0.1) is 13.8 Å². The highest BCUT2D eigenvalue weighted by Gasteiger charge is 2.20. The van der Waals surface area contributed by atoms with Crippen LogP contribution in [0.5, 0.6) is 0 Å². The second-order valence-electron chi connectivity index (χ2n) is 4.11. The van der Waals surface area contributed by atoms with Gasteiger partial charge in [0.05, 0.1) is 22.3 Å². The minimum atomic E-state index is -0.178. The molecule has 0 saturated heterocycles.